The van der Waals surface area contributed by atoms with Crippen molar-refractivity contribution in [1.82, 2.24) is 20.6 Å². The number of para-hydroxylation sites is 2. The van der Waals surface area contributed by atoms with E-state index in [0.29, 0.717) is 5.75 Å². The highest BCUT2D eigenvalue weighted by atomic mass is 35.5. The number of aromatic nitrogens is 2. The van der Waals surface area contributed by atoms with Gasteiger partial charge in [-0.2, -0.15) is 0 Å². The third-order valence-electron chi connectivity index (χ3n) is 3.92. The van der Waals surface area contributed by atoms with Gasteiger partial charge in [-0.3, -0.25) is 4.79 Å². The number of aromatic amines is 1. The zero-order valence-electron chi connectivity index (χ0n) is 13.2. The molecule has 0 radical (unpaired) electrons. The van der Waals surface area contributed by atoms with Crippen LogP contribution in [0.5, 0.6) is 0 Å². The number of nitrogens with zero attached hydrogens (tertiary/aromatic N) is 1. The van der Waals surface area contributed by atoms with E-state index in [2.05, 4.69) is 27.5 Å². The van der Waals surface area contributed by atoms with E-state index in [0.717, 1.165) is 42.8 Å². The minimum Gasteiger partial charge on any atom is -0.351 e. The van der Waals surface area contributed by atoms with E-state index in [9.17, 15) is 4.79 Å². The van der Waals surface area contributed by atoms with Gasteiger partial charge >= 0.3 is 0 Å². The molecular formula is C16H23ClN4OS. The summed E-state index contributed by atoms with van der Waals surface area (Å²) >= 11 is 1.62. The SMILES string of the molecule is CC(SCC(=O)N[C@H]1CCCNC1)c1nc2ccccc2[nH]1.Cl. The zero-order chi connectivity index (χ0) is 15.4. The molecule has 1 unspecified atom stereocenters. The molecular weight excluding hydrogens is 332 g/mol. The first-order valence-corrected chi connectivity index (χ1v) is 8.83. The number of benzene rings is 1. The molecule has 0 aliphatic carbocycles. The highest BCUT2D eigenvalue weighted by molar-refractivity contribution is 8.00. The molecule has 1 aromatic carbocycles. The Labute approximate surface area is 146 Å². The molecule has 2 heterocycles. The normalized spacial score (nSPS) is 19.1. The Morgan fingerprint density at radius 3 is 3.04 bits per heavy atom. The van der Waals surface area contributed by atoms with E-state index in [4.69, 9.17) is 0 Å². The lowest BCUT2D eigenvalue weighted by atomic mass is 10.1. The number of carbonyl (C=O) groups excluding carboxylic acids is 1. The third kappa shape index (κ3) is 4.86. The van der Waals surface area contributed by atoms with E-state index >= 15 is 0 Å². The Morgan fingerprint density at radius 1 is 1.48 bits per heavy atom. The Morgan fingerprint density at radius 2 is 2.30 bits per heavy atom. The lowest BCUT2D eigenvalue weighted by Crippen LogP contribution is -2.46. The van der Waals surface area contributed by atoms with Gasteiger partial charge in [0, 0.05) is 12.6 Å². The highest BCUT2D eigenvalue weighted by Gasteiger charge is 2.17. The van der Waals surface area contributed by atoms with Gasteiger partial charge in [-0.05, 0) is 38.4 Å². The van der Waals surface area contributed by atoms with Crippen molar-refractivity contribution in [1.29, 1.82) is 0 Å². The lowest BCUT2D eigenvalue weighted by molar-refractivity contribution is -0.119. The number of halogens is 1. The Bertz CT molecular complexity index is 609. The lowest BCUT2D eigenvalue weighted by Gasteiger charge is -2.23. The van der Waals surface area contributed by atoms with Crippen LogP contribution in [0.25, 0.3) is 11.0 Å². The fraction of sp³-hybridized carbons (Fsp3) is 0.500. The first-order chi connectivity index (χ1) is 10.7. The number of imidazole rings is 1. The molecule has 3 rings (SSSR count). The van der Waals surface area contributed by atoms with Crippen molar-refractivity contribution in [3.63, 3.8) is 0 Å². The van der Waals surface area contributed by atoms with Crippen LogP contribution in [-0.4, -0.2) is 40.8 Å². The standard InChI is InChI=1S/C16H22N4OS.ClH/c1-11(16-19-13-6-2-3-7-14(13)20-16)22-10-15(21)18-12-5-4-8-17-9-12;/h2-3,6-7,11-12,17H,4-5,8-10H2,1H3,(H,18,21)(H,19,20);1H/t11?,12-;/m0./s1. The number of amides is 1. The van der Waals surface area contributed by atoms with Crippen LogP contribution in [0.15, 0.2) is 24.3 Å². The summed E-state index contributed by atoms with van der Waals surface area (Å²) in [5, 5.41) is 6.58. The summed E-state index contributed by atoms with van der Waals surface area (Å²) in [5.74, 6) is 1.51. The fourth-order valence-corrected chi connectivity index (χ4v) is 3.44. The highest BCUT2D eigenvalue weighted by Crippen LogP contribution is 2.27. The predicted octanol–water partition coefficient (Wildman–Crippen LogP) is 2.65. The predicted molar refractivity (Wildman–Crippen MR) is 98.2 cm³/mol. The van der Waals surface area contributed by atoms with Crippen LogP contribution >= 0.6 is 24.2 Å². The van der Waals surface area contributed by atoms with Crippen LogP contribution in [-0.2, 0) is 4.79 Å². The Hall–Kier alpha value is -1.24. The van der Waals surface area contributed by atoms with Crippen LogP contribution in [0.4, 0.5) is 0 Å². The van der Waals surface area contributed by atoms with Crippen LogP contribution in [0.2, 0.25) is 0 Å². The van der Waals surface area contributed by atoms with Crippen molar-refractivity contribution in [2.45, 2.75) is 31.1 Å². The van der Waals surface area contributed by atoms with E-state index in [1.165, 1.54) is 0 Å². The first-order valence-electron chi connectivity index (χ1n) is 7.78. The van der Waals surface area contributed by atoms with Gasteiger partial charge in [-0.25, -0.2) is 4.98 Å². The molecule has 2 atom stereocenters. The number of thioether (sulfide) groups is 1. The molecule has 126 valence electrons. The van der Waals surface area contributed by atoms with Gasteiger partial charge < -0.3 is 15.6 Å². The maximum absolute atomic E-state index is 12.0. The summed E-state index contributed by atoms with van der Waals surface area (Å²) in [4.78, 5) is 19.9. The van der Waals surface area contributed by atoms with E-state index in [-0.39, 0.29) is 29.6 Å². The maximum Gasteiger partial charge on any atom is 0.230 e. The van der Waals surface area contributed by atoms with E-state index in [1.807, 2.05) is 24.3 Å². The Balaban J connectivity index is 0.00000192. The summed E-state index contributed by atoms with van der Waals surface area (Å²) in [6.07, 6.45) is 2.20. The topological polar surface area (TPSA) is 69.8 Å². The second-order valence-electron chi connectivity index (χ2n) is 5.70. The molecule has 1 fully saturated rings. The molecule has 1 aliphatic rings. The van der Waals surface area contributed by atoms with Gasteiger partial charge in [0.25, 0.3) is 0 Å². The molecule has 3 N–H and O–H groups in total. The largest absolute Gasteiger partial charge is 0.351 e. The average molecular weight is 355 g/mol. The quantitative estimate of drug-likeness (QED) is 0.772. The molecule has 2 aromatic rings. The second kappa shape index (κ2) is 8.57. The molecule has 0 bridgehead atoms. The summed E-state index contributed by atoms with van der Waals surface area (Å²) < 4.78 is 0. The first kappa shape index (κ1) is 18.1. The van der Waals surface area contributed by atoms with Gasteiger partial charge in [0.2, 0.25) is 5.91 Å². The van der Waals surface area contributed by atoms with Crippen molar-refractivity contribution in [2.75, 3.05) is 18.8 Å². The molecule has 1 saturated heterocycles. The number of hydrogen-bond acceptors (Lipinski definition) is 4. The fourth-order valence-electron chi connectivity index (χ4n) is 2.69. The van der Waals surface area contributed by atoms with Crippen molar-refractivity contribution in [3.8, 4) is 0 Å². The summed E-state index contributed by atoms with van der Waals surface area (Å²) in [6.45, 7) is 4.03. The van der Waals surface area contributed by atoms with Gasteiger partial charge in [0.1, 0.15) is 5.82 Å². The number of piperidine rings is 1. The monoisotopic (exact) mass is 354 g/mol. The smallest absolute Gasteiger partial charge is 0.230 e. The molecule has 0 saturated carbocycles. The van der Waals surface area contributed by atoms with Crippen molar-refractivity contribution < 1.29 is 4.79 Å². The Kier molecular flexibility index (Phi) is 6.74. The molecule has 5 nitrogen and oxygen atoms in total. The molecule has 1 amide bonds. The van der Waals surface area contributed by atoms with Gasteiger partial charge in [0.05, 0.1) is 22.0 Å². The molecule has 1 aliphatic heterocycles. The minimum atomic E-state index is 0. The number of hydrogen-bond donors (Lipinski definition) is 3. The van der Waals surface area contributed by atoms with Crippen molar-refractivity contribution >= 4 is 41.1 Å². The van der Waals surface area contributed by atoms with Crippen LogP contribution in [0, 0.1) is 0 Å². The number of carbonyl (C=O) groups is 1. The van der Waals surface area contributed by atoms with Crippen LogP contribution in [0.3, 0.4) is 0 Å². The summed E-state index contributed by atoms with van der Waals surface area (Å²) in [6, 6.07) is 8.27. The minimum absolute atomic E-state index is 0. The summed E-state index contributed by atoms with van der Waals surface area (Å²) in [5.41, 5.74) is 2.02. The number of rotatable bonds is 5. The number of H-pyrrole nitrogens is 1. The second-order valence-corrected chi connectivity index (χ2v) is 7.03. The molecule has 23 heavy (non-hydrogen) atoms. The van der Waals surface area contributed by atoms with Gasteiger partial charge in [-0.1, -0.05) is 12.1 Å². The number of fused-ring (bicyclic) bond motifs is 1. The van der Waals surface area contributed by atoms with Crippen LogP contribution < -0.4 is 10.6 Å². The van der Waals surface area contributed by atoms with Crippen molar-refractivity contribution in [3.05, 3.63) is 30.1 Å². The van der Waals surface area contributed by atoms with E-state index in [1.54, 1.807) is 11.8 Å². The molecule has 7 heteroatoms. The van der Waals surface area contributed by atoms with Gasteiger partial charge in [-0.15, -0.1) is 24.2 Å². The van der Waals surface area contributed by atoms with Crippen LogP contribution in [0.1, 0.15) is 30.8 Å². The zero-order valence-corrected chi connectivity index (χ0v) is 14.8. The molecule has 0 spiro atoms. The van der Waals surface area contributed by atoms with Crippen molar-refractivity contribution in [2.24, 2.45) is 0 Å². The van der Waals surface area contributed by atoms with E-state index < -0.39 is 0 Å². The third-order valence-corrected chi connectivity index (χ3v) is 5.07. The average Bonchev–Trinajstić information content (AvgIpc) is 2.98. The summed E-state index contributed by atoms with van der Waals surface area (Å²) in [7, 11) is 0. The number of nitrogens with one attached hydrogen (secondary N) is 3. The maximum atomic E-state index is 12.0. The van der Waals surface area contributed by atoms with Gasteiger partial charge in [0.15, 0.2) is 0 Å². The molecule has 1 aromatic heterocycles.